The fraction of sp³-hybridized carbons (Fsp3) is 0.278. The number of sulfonamides is 1. The lowest BCUT2D eigenvalue weighted by molar-refractivity contribution is -0.121. The molecular formula is C18H22N2O4S. The number of carbonyl (C=O) groups excluding carboxylic acids is 1. The molecule has 0 spiro atoms. The van der Waals surface area contributed by atoms with Crippen molar-refractivity contribution in [1.29, 1.82) is 0 Å². The third-order valence-corrected chi connectivity index (χ3v) is 4.97. The van der Waals surface area contributed by atoms with Crippen molar-refractivity contribution in [1.82, 2.24) is 10.0 Å². The van der Waals surface area contributed by atoms with Crippen LogP contribution in [-0.4, -0.2) is 28.0 Å². The SMILES string of the molecule is COCc1cccc(CNC(=O)CCNS(=O)(=O)c2ccccc2)c1. The van der Waals surface area contributed by atoms with Crippen molar-refractivity contribution < 1.29 is 17.9 Å². The summed E-state index contributed by atoms with van der Waals surface area (Å²) in [7, 11) is -1.95. The Kier molecular flexibility index (Phi) is 7.12. The second kappa shape index (κ2) is 9.31. The van der Waals surface area contributed by atoms with Crippen molar-refractivity contribution >= 4 is 15.9 Å². The molecule has 0 saturated carbocycles. The molecule has 134 valence electrons. The van der Waals surface area contributed by atoms with Gasteiger partial charge in [-0.3, -0.25) is 4.79 Å². The van der Waals surface area contributed by atoms with Crippen molar-refractivity contribution in [3.8, 4) is 0 Å². The maximum atomic E-state index is 12.0. The van der Waals surface area contributed by atoms with Crippen LogP contribution in [0.5, 0.6) is 0 Å². The van der Waals surface area contributed by atoms with E-state index in [1.165, 1.54) is 12.1 Å². The number of rotatable bonds is 9. The Morgan fingerprint density at radius 2 is 1.76 bits per heavy atom. The Labute approximate surface area is 148 Å². The minimum atomic E-state index is -3.58. The molecule has 0 unspecified atom stereocenters. The van der Waals surface area contributed by atoms with Crippen molar-refractivity contribution in [2.24, 2.45) is 0 Å². The summed E-state index contributed by atoms with van der Waals surface area (Å²) in [6, 6.07) is 15.8. The third-order valence-electron chi connectivity index (χ3n) is 3.49. The summed E-state index contributed by atoms with van der Waals surface area (Å²) < 4.78 is 31.6. The van der Waals surface area contributed by atoms with Crippen LogP contribution >= 0.6 is 0 Å². The lowest BCUT2D eigenvalue weighted by Gasteiger charge is -2.08. The average molecular weight is 362 g/mol. The first-order valence-electron chi connectivity index (χ1n) is 7.89. The van der Waals surface area contributed by atoms with E-state index in [2.05, 4.69) is 10.0 Å². The number of methoxy groups -OCH3 is 1. The first-order valence-corrected chi connectivity index (χ1v) is 9.38. The first kappa shape index (κ1) is 19.1. The van der Waals surface area contributed by atoms with Gasteiger partial charge in [0.05, 0.1) is 11.5 Å². The quantitative estimate of drug-likeness (QED) is 0.713. The van der Waals surface area contributed by atoms with Gasteiger partial charge in [-0.25, -0.2) is 13.1 Å². The number of hydrogen-bond donors (Lipinski definition) is 2. The Balaban J connectivity index is 1.77. The van der Waals surface area contributed by atoms with Gasteiger partial charge in [0.1, 0.15) is 0 Å². The van der Waals surface area contributed by atoms with Crippen LogP contribution in [0.1, 0.15) is 17.5 Å². The average Bonchev–Trinajstić information content (AvgIpc) is 2.61. The van der Waals surface area contributed by atoms with E-state index >= 15 is 0 Å². The monoisotopic (exact) mass is 362 g/mol. The predicted octanol–water partition coefficient (Wildman–Crippen LogP) is 1.82. The zero-order valence-corrected chi connectivity index (χ0v) is 14.9. The van der Waals surface area contributed by atoms with Gasteiger partial charge < -0.3 is 10.1 Å². The molecule has 0 aliphatic carbocycles. The molecule has 0 radical (unpaired) electrons. The van der Waals surface area contributed by atoms with Gasteiger partial charge in [0, 0.05) is 26.6 Å². The van der Waals surface area contributed by atoms with E-state index in [-0.39, 0.29) is 23.8 Å². The summed E-state index contributed by atoms with van der Waals surface area (Å²) in [5.74, 6) is -0.215. The van der Waals surface area contributed by atoms with Gasteiger partial charge in [-0.2, -0.15) is 0 Å². The Morgan fingerprint density at radius 1 is 1.04 bits per heavy atom. The van der Waals surface area contributed by atoms with Crippen LogP contribution in [0.25, 0.3) is 0 Å². The van der Waals surface area contributed by atoms with E-state index < -0.39 is 10.0 Å². The Hall–Kier alpha value is -2.22. The van der Waals surface area contributed by atoms with Gasteiger partial charge in [-0.1, -0.05) is 42.5 Å². The number of ether oxygens (including phenoxy) is 1. The summed E-state index contributed by atoms with van der Waals surface area (Å²) in [5.41, 5.74) is 2.00. The standard InChI is InChI=1S/C18H22N2O4S/c1-24-14-16-7-5-6-15(12-16)13-19-18(21)10-11-20-25(22,23)17-8-3-2-4-9-17/h2-9,12,20H,10-11,13-14H2,1H3,(H,19,21). The van der Waals surface area contributed by atoms with Crippen molar-refractivity contribution in [3.05, 3.63) is 65.7 Å². The molecule has 7 heteroatoms. The minimum absolute atomic E-state index is 0.0484. The fourth-order valence-corrected chi connectivity index (χ4v) is 3.32. The maximum absolute atomic E-state index is 12.0. The van der Waals surface area contributed by atoms with E-state index in [0.29, 0.717) is 13.2 Å². The molecule has 0 heterocycles. The second-order valence-corrected chi connectivity index (χ2v) is 7.26. The number of carbonyl (C=O) groups is 1. The van der Waals surface area contributed by atoms with Crippen LogP contribution in [0.2, 0.25) is 0 Å². The Morgan fingerprint density at radius 3 is 2.48 bits per heavy atom. The highest BCUT2D eigenvalue weighted by molar-refractivity contribution is 7.89. The second-order valence-electron chi connectivity index (χ2n) is 5.49. The number of nitrogens with one attached hydrogen (secondary N) is 2. The fourth-order valence-electron chi connectivity index (χ4n) is 2.27. The summed E-state index contributed by atoms with van der Waals surface area (Å²) in [6.45, 7) is 0.956. The van der Waals surface area contributed by atoms with Crippen LogP contribution in [-0.2, 0) is 32.7 Å². The van der Waals surface area contributed by atoms with Gasteiger partial charge in [0.2, 0.25) is 15.9 Å². The largest absolute Gasteiger partial charge is 0.380 e. The van der Waals surface area contributed by atoms with E-state index in [9.17, 15) is 13.2 Å². The predicted molar refractivity (Wildman–Crippen MR) is 95.2 cm³/mol. The number of amides is 1. The zero-order valence-electron chi connectivity index (χ0n) is 14.1. The molecule has 2 aromatic carbocycles. The molecule has 0 fully saturated rings. The minimum Gasteiger partial charge on any atom is -0.380 e. The molecule has 0 aromatic heterocycles. The third kappa shape index (κ3) is 6.30. The first-order chi connectivity index (χ1) is 12.0. The molecule has 0 atom stereocenters. The van der Waals surface area contributed by atoms with Gasteiger partial charge in [-0.05, 0) is 23.3 Å². The van der Waals surface area contributed by atoms with Gasteiger partial charge in [0.25, 0.3) is 0 Å². The van der Waals surface area contributed by atoms with Crippen LogP contribution in [0.3, 0.4) is 0 Å². The molecule has 0 saturated heterocycles. The smallest absolute Gasteiger partial charge is 0.240 e. The highest BCUT2D eigenvalue weighted by Crippen LogP contribution is 2.07. The molecule has 6 nitrogen and oxygen atoms in total. The van der Waals surface area contributed by atoms with Gasteiger partial charge >= 0.3 is 0 Å². The number of hydrogen-bond acceptors (Lipinski definition) is 4. The molecule has 2 N–H and O–H groups in total. The lowest BCUT2D eigenvalue weighted by atomic mass is 10.1. The molecule has 0 bridgehead atoms. The summed E-state index contributed by atoms with van der Waals surface area (Å²) in [6.07, 6.45) is 0.0732. The van der Waals surface area contributed by atoms with Crippen molar-refractivity contribution in [2.45, 2.75) is 24.5 Å². The molecular weight excluding hydrogens is 340 g/mol. The van der Waals surface area contributed by atoms with Crippen LogP contribution < -0.4 is 10.0 Å². The van der Waals surface area contributed by atoms with E-state index in [0.717, 1.165) is 11.1 Å². The van der Waals surface area contributed by atoms with Crippen molar-refractivity contribution in [3.63, 3.8) is 0 Å². The summed E-state index contributed by atoms with van der Waals surface area (Å²) in [5, 5.41) is 2.78. The number of benzene rings is 2. The molecule has 1 amide bonds. The molecule has 0 aliphatic heterocycles. The Bertz CT molecular complexity index is 792. The highest BCUT2D eigenvalue weighted by atomic mass is 32.2. The summed E-state index contributed by atoms with van der Waals surface area (Å²) >= 11 is 0. The maximum Gasteiger partial charge on any atom is 0.240 e. The lowest BCUT2D eigenvalue weighted by Crippen LogP contribution is -2.30. The van der Waals surface area contributed by atoms with Crippen LogP contribution in [0.4, 0.5) is 0 Å². The topological polar surface area (TPSA) is 84.5 Å². The van der Waals surface area contributed by atoms with Crippen molar-refractivity contribution in [2.75, 3.05) is 13.7 Å². The normalized spacial score (nSPS) is 11.2. The summed E-state index contributed by atoms with van der Waals surface area (Å²) in [4.78, 5) is 12.1. The highest BCUT2D eigenvalue weighted by Gasteiger charge is 2.13. The van der Waals surface area contributed by atoms with Gasteiger partial charge in [0.15, 0.2) is 0 Å². The molecule has 0 aliphatic rings. The molecule has 2 rings (SSSR count). The van der Waals surface area contributed by atoms with E-state index in [1.807, 2.05) is 24.3 Å². The van der Waals surface area contributed by atoms with E-state index in [1.54, 1.807) is 25.3 Å². The molecule has 2 aromatic rings. The van der Waals surface area contributed by atoms with Crippen LogP contribution in [0.15, 0.2) is 59.5 Å². The van der Waals surface area contributed by atoms with E-state index in [4.69, 9.17) is 4.74 Å². The van der Waals surface area contributed by atoms with Crippen LogP contribution in [0, 0.1) is 0 Å². The molecule has 25 heavy (non-hydrogen) atoms. The van der Waals surface area contributed by atoms with Gasteiger partial charge in [-0.15, -0.1) is 0 Å². The zero-order chi connectivity index (χ0) is 18.1.